The maximum absolute atomic E-state index is 12.3. The summed E-state index contributed by atoms with van der Waals surface area (Å²) >= 11 is 0. The normalized spacial score (nSPS) is 11.3. The SMILES string of the molecule is CCOC(=O)CCNS(=O)(=O)c1ccc(-c2nnc(-c3ccccc3)o2)cc1. The summed E-state index contributed by atoms with van der Waals surface area (Å²) in [5.74, 6) is 0.220. The first-order valence-corrected chi connectivity index (χ1v) is 10.1. The van der Waals surface area contributed by atoms with Gasteiger partial charge in [0, 0.05) is 17.7 Å². The fourth-order valence-electron chi connectivity index (χ4n) is 2.42. The molecule has 1 heterocycles. The van der Waals surface area contributed by atoms with Crippen molar-refractivity contribution >= 4 is 16.0 Å². The largest absolute Gasteiger partial charge is 0.466 e. The van der Waals surface area contributed by atoms with Gasteiger partial charge in [-0.05, 0) is 43.3 Å². The minimum Gasteiger partial charge on any atom is -0.466 e. The second-order valence-electron chi connectivity index (χ2n) is 5.76. The van der Waals surface area contributed by atoms with Crippen LogP contribution in [0.2, 0.25) is 0 Å². The van der Waals surface area contributed by atoms with E-state index in [1.54, 1.807) is 19.1 Å². The number of hydrogen-bond donors (Lipinski definition) is 1. The van der Waals surface area contributed by atoms with Crippen LogP contribution in [0.4, 0.5) is 0 Å². The molecule has 8 nitrogen and oxygen atoms in total. The highest BCUT2D eigenvalue weighted by Crippen LogP contribution is 2.24. The fourth-order valence-corrected chi connectivity index (χ4v) is 3.45. The van der Waals surface area contributed by atoms with Crippen LogP contribution in [-0.2, 0) is 19.6 Å². The summed E-state index contributed by atoms with van der Waals surface area (Å²) in [6.07, 6.45) is -0.0323. The monoisotopic (exact) mass is 401 g/mol. The summed E-state index contributed by atoms with van der Waals surface area (Å²) in [5.41, 5.74) is 1.39. The maximum atomic E-state index is 12.3. The number of rotatable bonds is 8. The van der Waals surface area contributed by atoms with Crippen molar-refractivity contribution in [3.05, 3.63) is 54.6 Å². The van der Waals surface area contributed by atoms with Gasteiger partial charge in [0.15, 0.2) is 0 Å². The van der Waals surface area contributed by atoms with Crippen LogP contribution in [0.5, 0.6) is 0 Å². The average molecular weight is 401 g/mol. The lowest BCUT2D eigenvalue weighted by Gasteiger charge is -2.07. The first kappa shape index (κ1) is 19.7. The van der Waals surface area contributed by atoms with Crippen molar-refractivity contribution in [3.8, 4) is 22.9 Å². The van der Waals surface area contributed by atoms with Crippen LogP contribution >= 0.6 is 0 Å². The molecule has 0 saturated carbocycles. The molecule has 146 valence electrons. The lowest BCUT2D eigenvalue weighted by Crippen LogP contribution is -2.26. The summed E-state index contributed by atoms with van der Waals surface area (Å²) in [5, 5.41) is 8.02. The molecule has 0 unspecified atom stereocenters. The number of carbonyl (C=O) groups excluding carboxylic acids is 1. The predicted molar refractivity (Wildman–Crippen MR) is 102 cm³/mol. The van der Waals surface area contributed by atoms with Crippen molar-refractivity contribution < 1.29 is 22.4 Å². The van der Waals surface area contributed by atoms with Gasteiger partial charge in [0.05, 0.1) is 17.9 Å². The van der Waals surface area contributed by atoms with E-state index in [9.17, 15) is 13.2 Å². The number of sulfonamides is 1. The number of benzene rings is 2. The molecule has 3 rings (SSSR count). The zero-order chi connectivity index (χ0) is 20.0. The van der Waals surface area contributed by atoms with Crippen molar-refractivity contribution in [1.29, 1.82) is 0 Å². The second kappa shape index (κ2) is 8.77. The smallest absolute Gasteiger partial charge is 0.307 e. The number of hydrogen-bond acceptors (Lipinski definition) is 7. The standard InChI is InChI=1S/C19H19N3O5S/c1-2-26-17(23)12-13-20-28(24,25)16-10-8-15(9-11-16)19-22-21-18(27-19)14-6-4-3-5-7-14/h3-11,20H,2,12-13H2,1H3. The van der Waals surface area contributed by atoms with Crippen LogP contribution in [0.25, 0.3) is 22.9 Å². The molecule has 0 bridgehead atoms. The molecule has 0 fully saturated rings. The average Bonchev–Trinajstić information content (AvgIpc) is 3.19. The van der Waals surface area contributed by atoms with Crippen molar-refractivity contribution in [3.63, 3.8) is 0 Å². The Labute approximate surface area is 162 Å². The van der Waals surface area contributed by atoms with E-state index >= 15 is 0 Å². The van der Waals surface area contributed by atoms with Gasteiger partial charge in [-0.15, -0.1) is 10.2 Å². The molecule has 0 radical (unpaired) electrons. The van der Waals surface area contributed by atoms with Gasteiger partial charge >= 0.3 is 5.97 Å². The van der Waals surface area contributed by atoms with Gasteiger partial charge in [-0.25, -0.2) is 13.1 Å². The van der Waals surface area contributed by atoms with E-state index in [2.05, 4.69) is 14.9 Å². The van der Waals surface area contributed by atoms with Gasteiger partial charge in [-0.1, -0.05) is 18.2 Å². The molecule has 3 aromatic rings. The Kier molecular flexibility index (Phi) is 6.17. The number of nitrogens with zero attached hydrogens (tertiary/aromatic N) is 2. The van der Waals surface area contributed by atoms with Crippen LogP contribution in [0.3, 0.4) is 0 Å². The van der Waals surface area contributed by atoms with E-state index in [-0.39, 0.29) is 30.4 Å². The highest BCUT2D eigenvalue weighted by molar-refractivity contribution is 7.89. The van der Waals surface area contributed by atoms with Gasteiger partial charge in [0.1, 0.15) is 0 Å². The van der Waals surface area contributed by atoms with Crippen molar-refractivity contribution in [2.75, 3.05) is 13.2 Å². The van der Waals surface area contributed by atoms with Gasteiger partial charge in [-0.2, -0.15) is 0 Å². The van der Waals surface area contributed by atoms with Crippen LogP contribution in [0.1, 0.15) is 13.3 Å². The van der Waals surface area contributed by atoms with E-state index < -0.39 is 16.0 Å². The summed E-state index contributed by atoms with van der Waals surface area (Å²) in [7, 11) is -3.73. The maximum Gasteiger partial charge on any atom is 0.307 e. The fraction of sp³-hybridized carbons (Fsp3) is 0.211. The molecule has 0 aliphatic heterocycles. The number of aromatic nitrogens is 2. The molecular weight excluding hydrogens is 382 g/mol. The molecule has 0 amide bonds. The van der Waals surface area contributed by atoms with E-state index in [1.165, 1.54) is 12.1 Å². The van der Waals surface area contributed by atoms with Crippen LogP contribution in [0, 0.1) is 0 Å². The summed E-state index contributed by atoms with van der Waals surface area (Å²) in [4.78, 5) is 11.4. The molecule has 0 saturated heterocycles. The number of carbonyl (C=O) groups is 1. The molecule has 0 atom stereocenters. The topological polar surface area (TPSA) is 111 Å². The Morgan fingerprint density at radius 1 is 1.00 bits per heavy atom. The molecule has 1 N–H and O–H groups in total. The van der Waals surface area contributed by atoms with Gasteiger partial charge < -0.3 is 9.15 Å². The van der Waals surface area contributed by atoms with E-state index in [4.69, 9.17) is 9.15 Å². The van der Waals surface area contributed by atoms with Crippen LogP contribution in [-0.4, -0.2) is 37.7 Å². The van der Waals surface area contributed by atoms with E-state index in [0.29, 0.717) is 11.5 Å². The number of esters is 1. The molecule has 0 spiro atoms. The van der Waals surface area contributed by atoms with Crippen LogP contribution < -0.4 is 4.72 Å². The van der Waals surface area contributed by atoms with Gasteiger partial charge in [-0.3, -0.25) is 4.79 Å². The van der Waals surface area contributed by atoms with Crippen molar-refractivity contribution in [2.45, 2.75) is 18.2 Å². The highest BCUT2D eigenvalue weighted by atomic mass is 32.2. The van der Waals surface area contributed by atoms with Crippen molar-refractivity contribution in [2.24, 2.45) is 0 Å². The third-order valence-electron chi connectivity index (χ3n) is 3.78. The van der Waals surface area contributed by atoms with Crippen LogP contribution in [0.15, 0.2) is 63.9 Å². The quantitative estimate of drug-likeness (QED) is 0.578. The molecule has 2 aromatic carbocycles. The number of nitrogens with one attached hydrogen (secondary N) is 1. The molecule has 9 heteroatoms. The second-order valence-corrected chi connectivity index (χ2v) is 7.52. The highest BCUT2D eigenvalue weighted by Gasteiger charge is 2.16. The van der Waals surface area contributed by atoms with Gasteiger partial charge in [0.2, 0.25) is 21.8 Å². The molecule has 0 aliphatic carbocycles. The van der Waals surface area contributed by atoms with E-state index in [0.717, 1.165) is 5.56 Å². The Balaban J connectivity index is 1.68. The molecule has 1 aromatic heterocycles. The lowest BCUT2D eigenvalue weighted by molar-refractivity contribution is -0.142. The van der Waals surface area contributed by atoms with Crippen molar-refractivity contribution in [1.82, 2.24) is 14.9 Å². The Morgan fingerprint density at radius 3 is 2.21 bits per heavy atom. The minimum atomic E-state index is -3.73. The molecule has 28 heavy (non-hydrogen) atoms. The Hall–Kier alpha value is -3.04. The van der Waals surface area contributed by atoms with Gasteiger partial charge in [0.25, 0.3) is 0 Å². The Bertz CT molecular complexity index is 1030. The molecular formula is C19H19N3O5S. The third-order valence-corrected chi connectivity index (χ3v) is 5.26. The predicted octanol–water partition coefficient (Wildman–Crippen LogP) is 2.64. The summed E-state index contributed by atoms with van der Waals surface area (Å²) in [6.45, 7) is 1.91. The number of ether oxygens (including phenoxy) is 1. The first-order chi connectivity index (χ1) is 13.5. The Morgan fingerprint density at radius 2 is 1.61 bits per heavy atom. The zero-order valence-electron chi connectivity index (χ0n) is 15.2. The summed E-state index contributed by atoms with van der Waals surface area (Å²) in [6, 6.07) is 15.4. The third kappa shape index (κ3) is 4.81. The summed E-state index contributed by atoms with van der Waals surface area (Å²) < 4.78 is 37.4. The minimum absolute atomic E-state index is 0.0323. The first-order valence-electron chi connectivity index (χ1n) is 8.64. The zero-order valence-corrected chi connectivity index (χ0v) is 16.0. The molecule has 0 aliphatic rings. The lowest BCUT2D eigenvalue weighted by atomic mass is 10.2. The van der Waals surface area contributed by atoms with E-state index in [1.807, 2.05) is 30.3 Å².